The smallest absolute Gasteiger partial charge is 0.313 e. The fraction of sp³-hybridized carbons (Fsp3) is 0.333. The van der Waals surface area contributed by atoms with E-state index in [1.807, 2.05) is 0 Å². The van der Waals surface area contributed by atoms with Gasteiger partial charge in [-0.25, -0.2) is 0 Å². The van der Waals surface area contributed by atoms with Crippen molar-refractivity contribution in [2.75, 3.05) is 36.6 Å². The number of anilines is 2. The van der Waals surface area contributed by atoms with E-state index in [0.717, 1.165) is 18.7 Å². The fourth-order valence-corrected chi connectivity index (χ4v) is 3.41. The van der Waals surface area contributed by atoms with Crippen LogP contribution in [0.25, 0.3) is 0 Å². The minimum absolute atomic E-state index is 0.159. The third kappa shape index (κ3) is 4.19. The zero-order valence-corrected chi connectivity index (χ0v) is 15.6. The molecule has 2 aromatic carbocycles. The van der Waals surface area contributed by atoms with Crippen molar-refractivity contribution in [2.24, 2.45) is 0 Å². The molecule has 7 nitrogen and oxygen atoms in total. The third-order valence-electron chi connectivity index (χ3n) is 4.94. The molecule has 2 amide bonds. The first kappa shape index (κ1) is 18.2. The Morgan fingerprint density at radius 2 is 1.68 bits per heavy atom. The summed E-state index contributed by atoms with van der Waals surface area (Å²) in [4.78, 5) is 26.4. The van der Waals surface area contributed by atoms with Gasteiger partial charge in [0.15, 0.2) is 11.5 Å². The molecule has 146 valence electrons. The molecule has 0 atom stereocenters. The molecule has 4 rings (SSSR count). The van der Waals surface area contributed by atoms with Crippen molar-refractivity contribution in [3.8, 4) is 11.5 Å². The lowest BCUT2D eigenvalue weighted by molar-refractivity contribution is -0.136. The Morgan fingerprint density at radius 3 is 2.46 bits per heavy atom. The molecule has 2 aliphatic heterocycles. The van der Waals surface area contributed by atoms with Crippen molar-refractivity contribution in [1.29, 1.82) is 0 Å². The number of nitrogens with zero attached hydrogens (tertiary/aromatic N) is 1. The summed E-state index contributed by atoms with van der Waals surface area (Å²) in [5.74, 6) is -0.191. The minimum atomic E-state index is -0.705. The Kier molecular flexibility index (Phi) is 5.32. The lowest BCUT2D eigenvalue weighted by atomic mass is 10.1. The van der Waals surface area contributed by atoms with Crippen LogP contribution in [0.4, 0.5) is 11.4 Å². The minimum Gasteiger partial charge on any atom is -0.454 e. The van der Waals surface area contributed by atoms with E-state index in [1.54, 1.807) is 18.2 Å². The molecule has 0 unspecified atom stereocenters. The highest BCUT2D eigenvalue weighted by molar-refractivity contribution is 6.39. The predicted octanol–water partition coefficient (Wildman–Crippen LogP) is 2.31. The molecule has 1 saturated heterocycles. The molecule has 0 spiro atoms. The van der Waals surface area contributed by atoms with Crippen LogP contribution in [0.15, 0.2) is 42.5 Å². The summed E-state index contributed by atoms with van der Waals surface area (Å²) in [5.41, 5.74) is 2.86. The topological polar surface area (TPSA) is 79.9 Å². The van der Waals surface area contributed by atoms with E-state index in [1.165, 1.54) is 18.5 Å². The van der Waals surface area contributed by atoms with Crippen molar-refractivity contribution < 1.29 is 19.1 Å². The Morgan fingerprint density at radius 1 is 0.929 bits per heavy atom. The van der Waals surface area contributed by atoms with Crippen molar-refractivity contribution in [1.82, 2.24) is 5.32 Å². The van der Waals surface area contributed by atoms with Gasteiger partial charge in [-0.15, -0.1) is 0 Å². The number of ether oxygens (including phenoxy) is 2. The number of fused-ring (bicyclic) bond motifs is 1. The van der Waals surface area contributed by atoms with Gasteiger partial charge in [0.1, 0.15) is 0 Å². The summed E-state index contributed by atoms with van der Waals surface area (Å²) < 4.78 is 10.5. The SMILES string of the molecule is O=C(NCCc1ccc(N2CCCC2)cc1)C(=O)Nc1ccc2c(c1)OCO2. The van der Waals surface area contributed by atoms with Gasteiger partial charge in [-0.3, -0.25) is 9.59 Å². The molecule has 28 heavy (non-hydrogen) atoms. The largest absolute Gasteiger partial charge is 0.454 e. The van der Waals surface area contributed by atoms with E-state index in [4.69, 9.17) is 9.47 Å². The monoisotopic (exact) mass is 381 g/mol. The van der Waals surface area contributed by atoms with Gasteiger partial charge in [-0.2, -0.15) is 0 Å². The van der Waals surface area contributed by atoms with Crippen LogP contribution in [0.5, 0.6) is 11.5 Å². The maximum Gasteiger partial charge on any atom is 0.313 e. The molecule has 7 heteroatoms. The number of amides is 2. The Labute approximate surface area is 163 Å². The van der Waals surface area contributed by atoms with E-state index >= 15 is 0 Å². The molecule has 0 aromatic heterocycles. The van der Waals surface area contributed by atoms with E-state index in [0.29, 0.717) is 30.2 Å². The van der Waals surface area contributed by atoms with E-state index in [2.05, 4.69) is 39.8 Å². The quantitative estimate of drug-likeness (QED) is 0.777. The summed E-state index contributed by atoms with van der Waals surface area (Å²) in [5, 5.41) is 5.22. The Hall–Kier alpha value is -3.22. The lowest BCUT2D eigenvalue weighted by Crippen LogP contribution is -2.36. The van der Waals surface area contributed by atoms with Gasteiger partial charge in [-0.1, -0.05) is 12.1 Å². The Balaban J connectivity index is 1.23. The number of hydrogen-bond acceptors (Lipinski definition) is 5. The van der Waals surface area contributed by atoms with Gasteiger partial charge in [0.05, 0.1) is 0 Å². The van der Waals surface area contributed by atoms with Crippen LogP contribution in [0.1, 0.15) is 18.4 Å². The zero-order chi connectivity index (χ0) is 19.3. The fourth-order valence-electron chi connectivity index (χ4n) is 3.41. The van der Waals surface area contributed by atoms with Crippen LogP contribution in [0, 0.1) is 0 Å². The summed E-state index contributed by atoms with van der Waals surface area (Å²) in [6.07, 6.45) is 3.17. The number of carbonyl (C=O) groups is 2. The normalized spacial score (nSPS) is 14.8. The molecular formula is C21H23N3O4. The average Bonchev–Trinajstić information content (AvgIpc) is 3.40. The predicted molar refractivity (Wildman–Crippen MR) is 106 cm³/mol. The van der Waals surface area contributed by atoms with Crippen LogP contribution in [-0.4, -0.2) is 38.2 Å². The lowest BCUT2D eigenvalue weighted by Gasteiger charge is -2.17. The van der Waals surface area contributed by atoms with Crippen LogP contribution >= 0.6 is 0 Å². The van der Waals surface area contributed by atoms with Crippen LogP contribution < -0.4 is 25.0 Å². The van der Waals surface area contributed by atoms with Gasteiger partial charge in [0.2, 0.25) is 6.79 Å². The van der Waals surface area contributed by atoms with Crippen molar-refractivity contribution >= 4 is 23.2 Å². The summed E-state index contributed by atoms with van der Waals surface area (Å²) in [7, 11) is 0. The highest BCUT2D eigenvalue weighted by Gasteiger charge is 2.17. The van der Waals surface area contributed by atoms with Crippen molar-refractivity contribution in [3.63, 3.8) is 0 Å². The first-order chi connectivity index (χ1) is 13.7. The van der Waals surface area contributed by atoms with Crippen LogP contribution in [0.2, 0.25) is 0 Å². The number of benzene rings is 2. The highest BCUT2D eigenvalue weighted by Crippen LogP contribution is 2.34. The van der Waals surface area contributed by atoms with Crippen LogP contribution in [-0.2, 0) is 16.0 Å². The molecule has 2 heterocycles. The highest BCUT2D eigenvalue weighted by atomic mass is 16.7. The van der Waals surface area contributed by atoms with E-state index < -0.39 is 11.8 Å². The Bertz CT molecular complexity index is 860. The first-order valence-corrected chi connectivity index (χ1v) is 9.52. The molecular weight excluding hydrogens is 358 g/mol. The van der Waals surface area contributed by atoms with Gasteiger partial charge in [0, 0.05) is 37.1 Å². The van der Waals surface area contributed by atoms with Gasteiger partial charge < -0.3 is 25.0 Å². The number of carbonyl (C=O) groups excluding carboxylic acids is 2. The van der Waals surface area contributed by atoms with Crippen LogP contribution in [0.3, 0.4) is 0 Å². The molecule has 1 fully saturated rings. The second-order valence-corrected chi connectivity index (χ2v) is 6.89. The summed E-state index contributed by atoms with van der Waals surface area (Å²) in [6.45, 7) is 2.80. The number of hydrogen-bond donors (Lipinski definition) is 2. The first-order valence-electron chi connectivity index (χ1n) is 9.52. The summed E-state index contributed by atoms with van der Waals surface area (Å²) in [6, 6.07) is 13.4. The molecule has 0 bridgehead atoms. The molecule has 0 saturated carbocycles. The molecule has 0 aliphatic carbocycles. The second kappa shape index (κ2) is 8.21. The second-order valence-electron chi connectivity index (χ2n) is 6.89. The molecule has 2 N–H and O–H groups in total. The molecule has 2 aromatic rings. The number of nitrogens with one attached hydrogen (secondary N) is 2. The van der Waals surface area contributed by atoms with Crippen molar-refractivity contribution in [3.05, 3.63) is 48.0 Å². The zero-order valence-electron chi connectivity index (χ0n) is 15.6. The third-order valence-corrected chi connectivity index (χ3v) is 4.94. The van der Waals surface area contributed by atoms with Gasteiger partial charge >= 0.3 is 11.8 Å². The van der Waals surface area contributed by atoms with Crippen molar-refractivity contribution in [2.45, 2.75) is 19.3 Å². The number of rotatable bonds is 5. The molecule has 0 radical (unpaired) electrons. The molecule has 2 aliphatic rings. The summed E-state index contributed by atoms with van der Waals surface area (Å²) >= 11 is 0. The van der Waals surface area contributed by atoms with E-state index in [9.17, 15) is 9.59 Å². The average molecular weight is 381 g/mol. The van der Waals surface area contributed by atoms with Gasteiger partial charge in [0.25, 0.3) is 0 Å². The maximum absolute atomic E-state index is 12.0. The van der Waals surface area contributed by atoms with E-state index in [-0.39, 0.29) is 6.79 Å². The maximum atomic E-state index is 12.0. The standard InChI is InChI=1S/C21H23N3O4/c25-20(21(26)23-16-5-8-18-19(13-16)28-14-27-18)22-10-9-15-3-6-17(7-4-15)24-11-1-2-12-24/h3-8,13H,1-2,9-12,14H2,(H,22,25)(H,23,26). The van der Waals surface area contributed by atoms with Gasteiger partial charge in [-0.05, 0) is 49.1 Å².